The smallest absolute Gasteiger partial charge is 0.310 e. The lowest BCUT2D eigenvalue weighted by Crippen LogP contribution is -2.62. The van der Waals surface area contributed by atoms with Gasteiger partial charge in [-0.05, 0) is 38.5 Å². The van der Waals surface area contributed by atoms with E-state index in [1.807, 2.05) is 20.8 Å². The van der Waals surface area contributed by atoms with Gasteiger partial charge in [-0.3, -0.25) is 14.4 Å². The molecule has 0 radical (unpaired) electrons. The molecule has 1 unspecified atom stereocenters. The molecule has 2 amide bonds. The Morgan fingerprint density at radius 3 is 2.44 bits per heavy atom. The maximum Gasteiger partial charge on any atom is 0.310 e. The number of aliphatic carboxylic acids is 1. The van der Waals surface area contributed by atoms with Crippen molar-refractivity contribution in [2.24, 2.45) is 17.3 Å². The number of halogens is 1. The Kier molecular flexibility index (Phi) is 7.35. The molecule has 2 N–H and O–H groups in total. The zero-order chi connectivity index (χ0) is 25.8. The molecule has 0 saturated carbocycles. The zero-order valence-corrected chi connectivity index (χ0v) is 22.7. The number of carboxylic acids is 1. The largest absolute Gasteiger partial charge is 0.481 e. The second-order valence-electron chi connectivity index (χ2n) is 11.8. The highest BCUT2D eigenvalue weighted by Crippen LogP contribution is 2.60. The molecule has 0 aromatic heterocycles. The third kappa shape index (κ3) is 4.22. The van der Waals surface area contributed by atoms with Gasteiger partial charge in [-0.2, -0.15) is 0 Å². The van der Waals surface area contributed by atoms with Gasteiger partial charge in [0.25, 0.3) is 0 Å². The summed E-state index contributed by atoms with van der Waals surface area (Å²) < 4.78 is 6.34. The Balaban J connectivity index is 2.15. The summed E-state index contributed by atoms with van der Waals surface area (Å²) in [5.41, 5.74) is -1.88. The number of hydrogen-bond acceptors (Lipinski definition) is 5. The van der Waals surface area contributed by atoms with Crippen molar-refractivity contribution < 1.29 is 29.3 Å². The van der Waals surface area contributed by atoms with Crippen LogP contribution in [0.3, 0.4) is 0 Å². The predicted octanol–water partition coefficient (Wildman–Crippen LogP) is 2.82. The number of aliphatic hydroxyl groups is 1. The van der Waals surface area contributed by atoms with Gasteiger partial charge in [0.1, 0.15) is 11.6 Å². The number of rotatable bonds is 9. The minimum atomic E-state index is -1.25. The highest BCUT2D eigenvalue weighted by molar-refractivity contribution is 9.09. The molecule has 1 spiro atoms. The van der Waals surface area contributed by atoms with Crippen LogP contribution in [0.5, 0.6) is 0 Å². The van der Waals surface area contributed by atoms with E-state index in [-0.39, 0.29) is 29.3 Å². The maximum atomic E-state index is 14.4. The average molecular weight is 543 g/mol. The predicted molar refractivity (Wildman–Crippen MR) is 131 cm³/mol. The summed E-state index contributed by atoms with van der Waals surface area (Å²) in [6.07, 6.45) is 2.47. The van der Waals surface area contributed by atoms with Crippen LogP contribution in [0.2, 0.25) is 0 Å². The number of alkyl halides is 1. The molecule has 34 heavy (non-hydrogen) atoms. The molecular weight excluding hydrogens is 504 g/mol. The van der Waals surface area contributed by atoms with Crippen LogP contribution >= 0.6 is 15.9 Å². The molecule has 3 fully saturated rings. The monoisotopic (exact) mass is 542 g/mol. The molecule has 3 aliphatic heterocycles. The lowest BCUT2D eigenvalue weighted by atomic mass is 9.70. The number of ether oxygens (including phenoxy) is 1. The van der Waals surface area contributed by atoms with Crippen molar-refractivity contribution in [3.63, 3.8) is 0 Å². The molecule has 3 heterocycles. The SMILES string of the molecule is C=CCN(C(=O)[C@@H]1N([C@@H](CC)CO)C(=O)[C@H]2[C@H](C(=O)O)[C@H]3O[C@@]12CC3Br)C(C)(C)CC(C)(C)C. The summed E-state index contributed by atoms with van der Waals surface area (Å²) in [6.45, 7) is 16.0. The summed E-state index contributed by atoms with van der Waals surface area (Å²) in [6, 6.07) is -1.63. The van der Waals surface area contributed by atoms with Crippen molar-refractivity contribution in [2.75, 3.05) is 13.2 Å². The summed E-state index contributed by atoms with van der Waals surface area (Å²) in [7, 11) is 0. The fourth-order valence-electron chi connectivity index (χ4n) is 6.74. The number of hydrogen-bond donors (Lipinski definition) is 2. The molecular formula is C25H39BrN2O6. The summed E-state index contributed by atoms with van der Waals surface area (Å²) >= 11 is 3.56. The van der Waals surface area contributed by atoms with E-state index in [0.29, 0.717) is 19.3 Å². The molecule has 0 aliphatic carbocycles. The Morgan fingerprint density at radius 1 is 1.35 bits per heavy atom. The lowest BCUT2D eigenvalue weighted by molar-refractivity contribution is -0.156. The van der Waals surface area contributed by atoms with Gasteiger partial charge in [-0.15, -0.1) is 6.58 Å². The lowest BCUT2D eigenvalue weighted by Gasteiger charge is -2.46. The Bertz CT molecular complexity index is 851. The van der Waals surface area contributed by atoms with Gasteiger partial charge in [0.2, 0.25) is 11.8 Å². The summed E-state index contributed by atoms with van der Waals surface area (Å²) in [4.78, 5) is 43.4. The molecule has 192 valence electrons. The van der Waals surface area contributed by atoms with Gasteiger partial charge in [-0.25, -0.2) is 0 Å². The molecule has 0 aromatic carbocycles. The number of carbonyl (C=O) groups excluding carboxylic acids is 2. The first-order valence-corrected chi connectivity index (χ1v) is 13.0. The van der Waals surface area contributed by atoms with Crippen molar-refractivity contribution in [2.45, 2.75) is 95.0 Å². The fraction of sp³-hybridized carbons (Fsp3) is 0.800. The highest BCUT2D eigenvalue weighted by Gasteiger charge is 2.77. The minimum absolute atomic E-state index is 0.0655. The van der Waals surface area contributed by atoms with Crippen LogP contribution in [0.25, 0.3) is 0 Å². The van der Waals surface area contributed by atoms with Gasteiger partial charge in [0, 0.05) is 16.9 Å². The van der Waals surface area contributed by atoms with E-state index in [1.54, 1.807) is 11.0 Å². The molecule has 7 atom stereocenters. The number of aliphatic hydroxyl groups excluding tert-OH is 1. The van der Waals surface area contributed by atoms with Gasteiger partial charge < -0.3 is 24.7 Å². The summed E-state index contributed by atoms with van der Waals surface area (Å²) in [5.74, 6) is -3.81. The van der Waals surface area contributed by atoms with Gasteiger partial charge in [0.05, 0.1) is 30.6 Å². The van der Waals surface area contributed by atoms with Crippen molar-refractivity contribution in [3.05, 3.63) is 12.7 Å². The number of likely N-dealkylation sites (tertiary alicyclic amines) is 1. The van der Waals surface area contributed by atoms with Crippen LogP contribution in [0.4, 0.5) is 0 Å². The van der Waals surface area contributed by atoms with Crippen molar-refractivity contribution in [1.29, 1.82) is 0 Å². The first kappa shape index (κ1) is 27.1. The maximum absolute atomic E-state index is 14.4. The highest BCUT2D eigenvalue weighted by atomic mass is 79.9. The molecule has 8 nitrogen and oxygen atoms in total. The Hall–Kier alpha value is -1.45. The van der Waals surface area contributed by atoms with Crippen molar-refractivity contribution in [1.82, 2.24) is 9.80 Å². The van der Waals surface area contributed by atoms with E-state index in [0.717, 1.165) is 0 Å². The van der Waals surface area contributed by atoms with E-state index in [4.69, 9.17) is 4.74 Å². The third-order valence-electron chi connectivity index (χ3n) is 7.59. The number of carboxylic acid groups (broad SMARTS) is 1. The molecule has 3 rings (SSSR count). The van der Waals surface area contributed by atoms with E-state index in [2.05, 4.69) is 43.3 Å². The van der Waals surface area contributed by atoms with Crippen LogP contribution in [0.1, 0.15) is 60.8 Å². The first-order valence-electron chi connectivity index (χ1n) is 12.1. The van der Waals surface area contributed by atoms with Crippen LogP contribution in [0.15, 0.2) is 12.7 Å². The van der Waals surface area contributed by atoms with E-state index in [9.17, 15) is 24.6 Å². The normalized spacial score (nSPS) is 33.7. The second-order valence-corrected chi connectivity index (χ2v) is 13.0. The fourth-order valence-corrected chi connectivity index (χ4v) is 7.68. The topological polar surface area (TPSA) is 107 Å². The van der Waals surface area contributed by atoms with Gasteiger partial charge in [0.15, 0.2) is 0 Å². The molecule has 3 aliphatic rings. The number of fused-ring (bicyclic) bond motifs is 1. The Labute approximate surface area is 210 Å². The number of amides is 2. The molecule has 2 bridgehead atoms. The van der Waals surface area contributed by atoms with Crippen LogP contribution in [-0.4, -0.2) is 85.1 Å². The van der Waals surface area contributed by atoms with Crippen LogP contribution in [-0.2, 0) is 19.1 Å². The quantitative estimate of drug-likeness (QED) is 0.342. The van der Waals surface area contributed by atoms with Gasteiger partial charge in [-0.1, -0.05) is 49.7 Å². The first-order chi connectivity index (χ1) is 15.7. The minimum Gasteiger partial charge on any atom is -0.481 e. The molecule has 0 aromatic rings. The van der Waals surface area contributed by atoms with Crippen molar-refractivity contribution in [3.8, 4) is 0 Å². The third-order valence-corrected chi connectivity index (χ3v) is 8.44. The molecule has 3 saturated heterocycles. The average Bonchev–Trinajstić information content (AvgIpc) is 3.29. The Morgan fingerprint density at radius 2 is 1.97 bits per heavy atom. The summed E-state index contributed by atoms with van der Waals surface area (Å²) in [5, 5.41) is 20.1. The standard InChI is InChI=1S/C25H39BrN2O6/c1-8-10-27(24(6,7)13-23(3,4)5)21(31)19-25-11-15(26)18(34-25)16(22(32)33)17(25)20(30)28(19)14(9-2)12-29/h8,14-19,29H,1,9-13H2,2-7H3,(H,32,33)/t14-,15?,16-,17+,18-,19-,25+/m0/s1. The van der Waals surface area contributed by atoms with Crippen LogP contribution < -0.4 is 0 Å². The zero-order valence-electron chi connectivity index (χ0n) is 21.1. The van der Waals surface area contributed by atoms with Gasteiger partial charge >= 0.3 is 5.97 Å². The van der Waals surface area contributed by atoms with Crippen molar-refractivity contribution >= 4 is 33.7 Å². The second kappa shape index (κ2) is 9.21. The molecule has 9 heteroatoms. The van der Waals surface area contributed by atoms with E-state index >= 15 is 0 Å². The van der Waals surface area contributed by atoms with E-state index in [1.165, 1.54) is 4.90 Å². The number of nitrogens with zero attached hydrogens (tertiary/aromatic N) is 2. The van der Waals surface area contributed by atoms with Crippen LogP contribution in [0, 0.1) is 17.3 Å². The number of carbonyl (C=O) groups is 3. The van der Waals surface area contributed by atoms with E-state index < -0.39 is 53.0 Å².